The van der Waals surface area contributed by atoms with Crippen molar-refractivity contribution in [3.05, 3.63) is 64.4 Å². The van der Waals surface area contributed by atoms with Gasteiger partial charge in [-0.25, -0.2) is 18.2 Å². The summed E-state index contributed by atoms with van der Waals surface area (Å²) in [7, 11) is 0. The van der Waals surface area contributed by atoms with Gasteiger partial charge in [0.25, 0.3) is 5.91 Å². The molecule has 2 aromatic heterocycles. The van der Waals surface area contributed by atoms with Crippen LogP contribution >= 0.6 is 11.6 Å². The number of fused-ring (bicyclic) bond motifs is 1. The van der Waals surface area contributed by atoms with Crippen LogP contribution in [0, 0.1) is 11.6 Å². The summed E-state index contributed by atoms with van der Waals surface area (Å²) < 4.78 is 41.1. The zero-order chi connectivity index (χ0) is 22.8. The van der Waals surface area contributed by atoms with Gasteiger partial charge >= 0.3 is 0 Å². The SMILES string of the molecule is O=C(N[C@@H](Cc1ccc(F)cc1F)C(=O)N1CCC(F)CC1)c1cc2cc(Cl)cnc2[nH]1. The number of pyridine rings is 1. The van der Waals surface area contributed by atoms with Crippen LogP contribution in [0.3, 0.4) is 0 Å². The third kappa shape index (κ3) is 4.88. The highest BCUT2D eigenvalue weighted by Crippen LogP contribution is 2.20. The Labute approximate surface area is 186 Å². The van der Waals surface area contributed by atoms with Crippen LogP contribution in [0.25, 0.3) is 11.0 Å². The lowest BCUT2D eigenvalue weighted by molar-refractivity contribution is -0.134. The molecule has 1 aromatic carbocycles. The van der Waals surface area contributed by atoms with E-state index in [9.17, 15) is 22.8 Å². The average Bonchev–Trinajstić information content (AvgIpc) is 3.18. The molecule has 4 rings (SSSR count). The molecule has 1 aliphatic rings. The fourth-order valence-electron chi connectivity index (χ4n) is 3.74. The summed E-state index contributed by atoms with van der Waals surface area (Å²) in [5, 5.41) is 3.64. The first-order valence-corrected chi connectivity index (χ1v) is 10.5. The number of rotatable bonds is 5. The van der Waals surface area contributed by atoms with Crippen LogP contribution in [-0.2, 0) is 11.2 Å². The van der Waals surface area contributed by atoms with Gasteiger partial charge in [-0.15, -0.1) is 0 Å². The number of hydrogen-bond acceptors (Lipinski definition) is 3. The zero-order valence-electron chi connectivity index (χ0n) is 16.9. The smallest absolute Gasteiger partial charge is 0.268 e. The summed E-state index contributed by atoms with van der Waals surface area (Å²) in [6.45, 7) is 0.403. The van der Waals surface area contributed by atoms with Crippen molar-refractivity contribution in [2.75, 3.05) is 13.1 Å². The monoisotopic (exact) mass is 464 g/mol. The molecule has 2 amide bonds. The Morgan fingerprint density at radius 3 is 2.69 bits per heavy atom. The Balaban J connectivity index is 1.58. The summed E-state index contributed by atoms with van der Waals surface area (Å²) in [5.41, 5.74) is 0.669. The Morgan fingerprint density at radius 1 is 1.22 bits per heavy atom. The molecule has 0 unspecified atom stereocenters. The highest BCUT2D eigenvalue weighted by Gasteiger charge is 2.30. The first-order valence-electron chi connectivity index (χ1n) is 10.1. The molecule has 32 heavy (non-hydrogen) atoms. The van der Waals surface area contributed by atoms with Crippen molar-refractivity contribution in [1.82, 2.24) is 20.2 Å². The molecule has 1 fully saturated rings. The molecule has 10 heteroatoms. The summed E-state index contributed by atoms with van der Waals surface area (Å²) >= 11 is 5.93. The van der Waals surface area contributed by atoms with E-state index in [1.807, 2.05) is 0 Å². The minimum absolute atomic E-state index is 0.0792. The fourth-order valence-corrected chi connectivity index (χ4v) is 3.91. The van der Waals surface area contributed by atoms with Crippen LogP contribution in [-0.4, -0.2) is 52.0 Å². The van der Waals surface area contributed by atoms with Gasteiger partial charge in [-0.3, -0.25) is 9.59 Å². The van der Waals surface area contributed by atoms with Crippen LogP contribution < -0.4 is 5.32 Å². The van der Waals surface area contributed by atoms with Crippen molar-refractivity contribution in [1.29, 1.82) is 0 Å². The van der Waals surface area contributed by atoms with Crippen molar-refractivity contribution >= 4 is 34.4 Å². The van der Waals surface area contributed by atoms with Crippen molar-refractivity contribution in [2.24, 2.45) is 0 Å². The maximum absolute atomic E-state index is 14.3. The van der Waals surface area contributed by atoms with E-state index < -0.39 is 35.7 Å². The standard InChI is InChI=1S/C22H20ClF3N4O2/c23-14-7-13-9-18(28-20(13)27-11-14)21(31)29-19(8-12-1-2-16(25)10-17(12)26)22(32)30-5-3-15(24)4-6-30/h1-2,7,9-11,15,19H,3-6,8H2,(H,27,28)(H,29,31)/t19-/m0/s1. The second-order valence-corrected chi connectivity index (χ2v) is 8.18. The van der Waals surface area contributed by atoms with Crippen molar-refractivity contribution in [3.8, 4) is 0 Å². The van der Waals surface area contributed by atoms with Crippen LogP contribution in [0.1, 0.15) is 28.9 Å². The molecule has 3 aromatic rings. The number of carbonyl (C=O) groups is 2. The molecule has 168 valence electrons. The van der Waals surface area contributed by atoms with E-state index in [1.54, 1.807) is 6.07 Å². The molecular formula is C22H20ClF3N4O2. The van der Waals surface area contributed by atoms with E-state index >= 15 is 0 Å². The Hall–Kier alpha value is -3.07. The lowest BCUT2D eigenvalue weighted by atomic mass is 10.0. The molecule has 2 N–H and O–H groups in total. The van der Waals surface area contributed by atoms with Gasteiger partial charge in [0.05, 0.1) is 5.02 Å². The third-order valence-corrected chi connectivity index (χ3v) is 5.67. The van der Waals surface area contributed by atoms with E-state index in [0.29, 0.717) is 16.1 Å². The van der Waals surface area contributed by atoms with E-state index in [-0.39, 0.29) is 43.6 Å². The molecule has 0 aliphatic carbocycles. The van der Waals surface area contributed by atoms with E-state index in [2.05, 4.69) is 15.3 Å². The van der Waals surface area contributed by atoms with Crippen molar-refractivity contribution < 1.29 is 22.8 Å². The van der Waals surface area contributed by atoms with Gasteiger partial charge in [0.1, 0.15) is 35.2 Å². The quantitative estimate of drug-likeness (QED) is 0.603. The van der Waals surface area contributed by atoms with Gasteiger partial charge in [-0.1, -0.05) is 17.7 Å². The zero-order valence-corrected chi connectivity index (χ0v) is 17.6. The molecule has 0 saturated carbocycles. The van der Waals surface area contributed by atoms with Gasteiger partial charge in [0.2, 0.25) is 5.91 Å². The normalized spacial score (nSPS) is 15.7. The summed E-state index contributed by atoms with van der Waals surface area (Å²) in [4.78, 5) is 34.4. The maximum atomic E-state index is 14.3. The third-order valence-electron chi connectivity index (χ3n) is 5.46. The average molecular weight is 465 g/mol. The maximum Gasteiger partial charge on any atom is 0.268 e. The molecular weight excluding hydrogens is 445 g/mol. The number of alkyl halides is 1. The number of aromatic amines is 1. The number of likely N-dealkylation sites (tertiary alicyclic amines) is 1. The number of hydrogen-bond donors (Lipinski definition) is 2. The van der Waals surface area contributed by atoms with E-state index in [0.717, 1.165) is 12.1 Å². The van der Waals surface area contributed by atoms with E-state index in [1.165, 1.54) is 23.2 Å². The second kappa shape index (κ2) is 9.20. The summed E-state index contributed by atoms with van der Waals surface area (Å²) in [6, 6.07) is 5.10. The van der Waals surface area contributed by atoms with Crippen LogP contribution in [0.15, 0.2) is 36.5 Å². The fraction of sp³-hybridized carbons (Fsp3) is 0.318. The number of nitrogens with zero attached hydrogens (tertiary/aromatic N) is 2. The number of aromatic nitrogens is 2. The molecule has 1 aliphatic heterocycles. The van der Waals surface area contributed by atoms with Gasteiger partial charge in [0, 0.05) is 37.2 Å². The summed E-state index contributed by atoms with van der Waals surface area (Å²) in [6.07, 6.45) is 0.668. The molecule has 0 spiro atoms. The molecule has 3 heterocycles. The van der Waals surface area contributed by atoms with Crippen LogP contribution in [0.2, 0.25) is 5.02 Å². The number of carbonyl (C=O) groups excluding carboxylic acids is 2. The minimum atomic E-state index is -1.12. The highest BCUT2D eigenvalue weighted by atomic mass is 35.5. The molecule has 1 atom stereocenters. The van der Waals surface area contributed by atoms with Gasteiger partial charge in [-0.2, -0.15) is 0 Å². The van der Waals surface area contributed by atoms with Crippen molar-refractivity contribution in [2.45, 2.75) is 31.5 Å². The predicted octanol–water partition coefficient (Wildman–Crippen LogP) is 3.80. The number of amides is 2. The molecule has 0 radical (unpaired) electrons. The largest absolute Gasteiger partial charge is 0.341 e. The lowest BCUT2D eigenvalue weighted by Crippen LogP contribution is -2.52. The van der Waals surface area contributed by atoms with Crippen LogP contribution in [0.4, 0.5) is 13.2 Å². The van der Waals surface area contributed by atoms with Gasteiger partial charge in [-0.05, 0) is 36.6 Å². The van der Waals surface area contributed by atoms with Gasteiger partial charge < -0.3 is 15.2 Å². The lowest BCUT2D eigenvalue weighted by Gasteiger charge is -2.32. The highest BCUT2D eigenvalue weighted by molar-refractivity contribution is 6.31. The second-order valence-electron chi connectivity index (χ2n) is 7.74. The predicted molar refractivity (Wildman–Crippen MR) is 113 cm³/mol. The number of benzene rings is 1. The molecule has 1 saturated heterocycles. The molecule has 6 nitrogen and oxygen atoms in total. The van der Waals surface area contributed by atoms with Crippen molar-refractivity contribution in [3.63, 3.8) is 0 Å². The molecule has 0 bridgehead atoms. The minimum Gasteiger partial charge on any atom is -0.341 e. The Morgan fingerprint density at radius 2 is 1.97 bits per heavy atom. The van der Waals surface area contributed by atoms with E-state index in [4.69, 9.17) is 11.6 Å². The first-order chi connectivity index (χ1) is 15.3. The first kappa shape index (κ1) is 22.1. The Bertz CT molecular complexity index is 1160. The topological polar surface area (TPSA) is 78.1 Å². The van der Waals surface area contributed by atoms with Gasteiger partial charge in [0.15, 0.2) is 0 Å². The Kier molecular flexibility index (Phi) is 6.36. The number of H-pyrrole nitrogens is 1. The number of halogens is 4. The number of nitrogens with one attached hydrogen (secondary N) is 2. The number of piperidine rings is 1. The van der Waals surface area contributed by atoms with Crippen LogP contribution in [0.5, 0.6) is 0 Å². The summed E-state index contributed by atoms with van der Waals surface area (Å²) in [5.74, 6) is -2.61.